The number of rotatable bonds is 17. The highest BCUT2D eigenvalue weighted by molar-refractivity contribution is 8.00. The van der Waals surface area contributed by atoms with Gasteiger partial charge in [0.1, 0.15) is 29.2 Å². The van der Waals surface area contributed by atoms with E-state index in [1.54, 1.807) is 54.3 Å². The molecule has 0 aliphatic rings. The Kier molecular flexibility index (Phi) is 11.5. The van der Waals surface area contributed by atoms with Crippen LogP contribution in [0.4, 0.5) is 24.7 Å². The maximum atomic E-state index is 13.5. The van der Waals surface area contributed by atoms with Gasteiger partial charge in [0.2, 0.25) is 5.91 Å². The van der Waals surface area contributed by atoms with Crippen molar-refractivity contribution in [2.75, 3.05) is 10.5 Å². The van der Waals surface area contributed by atoms with Gasteiger partial charge in [0, 0.05) is 61.0 Å². The Balaban J connectivity index is 1.38. The molecule has 0 bridgehead atoms. The molecule has 2 aromatic carbocycles. The summed E-state index contributed by atoms with van der Waals surface area (Å²) >= 11 is 0.262. The van der Waals surface area contributed by atoms with Crippen molar-refractivity contribution < 1.29 is 22.7 Å². The van der Waals surface area contributed by atoms with Crippen LogP contribution in [0.5, 0.6) is 5.75 Å². The van der Waals surface area contributed by atoms with Gasteiger partial charge in [-0.05, 0) is 49.6 Å². The third-order valence-corrected chi connectivity index (χ3v) is 8.57. The number of nitrogens with one attached hydrogen (secondary N) is 1. The van der Waals surface area contributed by atoms with Crippen molar-refractivity contribution in [3.05, 3.63) is 72.4 Å². The van der Waals surface area contributed by atoms with Crippen LogP contribution in [0.15, 0.2) is 61.1 Å². The van der Waals surface area contributed by atoms with Crippen molar-refractivity contribution >= 4 is 40.3 Å². The zero-order valence-electron chi connectivity index (χ0n) is 26.8. The molecule has 14 heteroatoms. The summed E-state index contributed by atoms with van der Waals surface area (Å²) in [6.07, 6.45) is 11.5. The number of aryl methyl sites for hydroxylation is 2. The zero-order chi connectivity index (χ0) is 34.2. The van der Waals surface area contributed by atoms with E-state index in [9.17, 15) is 18.0 Å². The van der Waals surface area contributed by atoms with Gasteiger partial charge in [0.25, 0.3) is 0 Å². The average Bonchev–Trinajstić information content (AvgIpc) is 3.67. The summed E-state index contributed by atoms with van der Waals surface area (Å²) in [5.74, 6) is -2.66. The number of amides is 1. The lowest BCUT2D eigenvalue weighted by Crippen LogP contribution is -2.09. The predicted molar refractivity (Wildman–Crippen MR) is 184 cm³/mol. The van der Waals surface area contributed by atoms with Crippen LogP contribution < -0.4 is 20.9 Å². The Morgan fingerprint density at radius 2 is 1.75 bits per heavy atom. The van der Waals surface area contributed by atoms with Crippen LogP contribution in [0.25, 0.3) is 33.3 Å². The van der Waals surface area contributed by atoms with E-state index in [4.69, 9.17) is 21.3 Å². The van der Waals surface area contributed by atoms with E-state index in [0.717, 1.165) is 61.7 Å². The Labute approximate surface area is 281 Å². The van der Waals surface area contributed by atoms with Crippen molar-refractivity contribution in [1.82, 2.24) is 24.5 Å². The standard InChI is InChI=1S/C34H39F3N8O2S/c1-21(22-10-13-25(35)14-11-22)47-28-17-23(12-15-27(28)43-48-34(36)37)31-30-32(44(2)42-31)26(19-40-33(30)39)24-18-41-45(20-24)16-8-6-4-3-5-7-9-29(38)46/h10-15,17-21,34,43H,3-9,16H2,1-2H3,(H2,38,46)(H2,39,40)/t21-/m0/s1. The van der Waals surface area contributed by atoms with Crippen molar-refractivity contribution in [3.63, 3.8) is 0 Å². The number of hydrogen-bond acceptors (Lipinski definition) is 8. The highest BCUT2D eigenvalue weighted by Crippen LogP contribution is 2.40. The van der Waals surface area contributed by atoms with Crippen LogP contribution in [-0.4, -0.2) is 36.2 Å². The first-order valence-electron chi connectivity index (χ1n) is 15.8. The lowest BCUT2D eigenvalue weighted by atomic mass is 10.0. The first-order chi connectivity index (χ1) is 23.1. The molecule has 1 atom stereocenters. The van der Waals surface area contributed by atoms with Crippen LogP contribution in [0.3, 0.4) is 0 Å². The van der Waals surface area contributed by atoms with Gasteiger partial charge < -0.3 is 20.9 Å². The molecule has 5 rings (SSSR count). The number of carbonyl (C=O) groups is 1. The summed E-state index contributed by atoms with van der Waals surface area (Å²) in [5.41, 5.74) is 16.4. The number of ether oxygens (including phenoxy) is 1. The first kappa shape index (κ1) is 34.6. The molecule has 3 aromatic heterocycles. The molecule has 0 saturated carbocycles. The highest BCUT2D eigenvalue weighted by atomic mass is 32.2. The van der Waals surface area contributed by atoms with Gasteiger partial charge in [-0.15, -0.1) is 0 Å². The van der Waals surface area contributed by atoms with E-state index in [1.165, 1.54) is 12.1 Å². The molecule has 0 spiro atoms. The van der Waals surface area contributed by atoms with Crippen molar-refractivity contribution in [1.29, 1.82) is 0 Å². The molecule has 254 valence electrons. The largest absolute Gasteiger partial charge is 0.484 e. The lowest BCUT2D eigenvalue weighted by Gasteiger charge is -2.19. The summed E-state index contributed by atoms with van der Waals surface area (Å²) in [6, 6.07) is 11.0. The second kappa shape index (κ2) is 15.9. The number of nitrogens with two attached hydrogens (primary N) is 2. The fourth-order valence-corrected chi connectivity index (χ4v) is 5.99. The topological polar surface area (TPSA) is 139 Å². The van der Waals surface area contributed by atoms with E-state index in [0.29, 0.717) is 40.1 Å². The van der Waals surface area contributed by atoms with Crippen molar-refractivity contribution in [2.24, 2.45) is 12.8 Å². The fraction of sp³-hybridized carbons (Fsp3) is 0.353. The number of aromatic nitrogens is 5. The summed E-state index contributed by atoms with van der Waals surface area (Å²) in [7, 11) is 1.83. The number of nitrogens with zero attached hydrogens (tertiary/aromatic N) is 5. The number of pyridine rings is 1. The Bertz CT molecular complexity index is 1840. The number of primary amides is 1. The summed E-state index contributed by atoms with van der Waals surface area (Å²) in [4.78, 5) is 15.4. The maximum Gasteiger partial charge on any atom is 0.302 e. The molecule has 0 aliphatic carbocycles. The van der Waals surface area contributed by atoms with E-state index >= 15 is 0 Å². The number of fused-ring (bicyclic) bond motifs is 1. The molecular formula is C34H39F3N8O2S. The predicted octanol–water partition coefficient (Wildman–Crippen LogP) is 7.86. The molecule has 5 N–H and O–H groups in total. The van der Waals surface area contributed by atoms with Crippen LogP contribution in [0.2, 0.25) is 0 Å². The van der Waals surface area contributed by atoms with Crippen LogP contribution in [0, 0.1) is 5.82 Å². The van der Waals surface area contributed by atoms with E-state index in [2.05, 4.69) is 14.8 Å². The third kappa shape index (κ3) is 8.59. The average molecular weight is 681 g/mol. The molecule has 1 amide bonds. The second-order valence-corrected chi connectivity index (χ2v) is 12.4. The number of halogens is 3. The summed E-state index contributed by atoms with van der Waals surface area (Å²) < 4.78 is 52.3. The number of anilines is 2. The number of hydrogen-bond donors (Lipinski definition) is 3. The van der Waals surface area contributed by atoms with Crippen molar-refractivity contribution in [2.45, 2.75) is 70.3 Å². The number of unbranched alkanes of at least 4 members (excludes halogenated alkanes) is 5. The molecule has 0 fully saturated rings. The minimum absolute atomic E-state index is 0.246. The van der Waals surface area contributed by atoms with Crippen molar-refractivity contribution in [3.8, 4) is 28.1 Å². The molecule has 48 heavy (non-hydrogen) atoms. The van der Waals surface area contributed by atoms with E-state index in [1.807, 2.05) is 17.9 Å². The zero-order valence-corrected chi connectivity index (χ0v) is 27.7. The van der Waals surface area contributed by atoms with Crippen LogP contribution in [-0.2, 0) is 18.4 Å². The quantitative estimate of drug-likeness (QED) is 0.0667. The number of nitrogen functional groups attached to an aromatic ring is 1. The van der Waals surface area contributed by atoms with Crippen LogP contribution in [0.1, 0.15) is 63.5 Å². The Hall–Kier alpha value is -4.72. The van der Waals surface area contributed by atoms with Gasteiger partial charge in [-0.1, -0.05) is 43.9 Å². The van der Waals surface area contributed by atoms with Gasteiger partial charge in [0.05, 0.1) is 22.8 Å². The van der Waals surface area contributed by atoms with Gasteiger partial charge in [-0.2, -0.15) is 19.0 Å². The molecule has 0 unspecified atom stereocenters. The smallest absolute Gasteiger partial charge is 0.302 e. The molecule has 3 heterocycles. The highest BCUT2D eigenvalue weighted by Gasteiger charge is 2.21. The van der Waals surface area contributed by atoms with Gasteiger partial charge >= 0.3 is 5.76 Å². The first-order valence-corrected chi connectivity index (χ1v) is 16.7. The van der Waals surface area contributed by atoms with Crippen LogP contribution >= 0.6 is 11.9 Å². The molecule has 10 nitrogen and oxygen atoms in total. The fourth-order valence-electron chi connectivity index (χ4n) is 5.61. The minimum atomic E-state index is -2.65. The van der Waals surface area contributed by atoms with E-state index in [-0.39, 0.29) is 29.5 Å². The Morgan fingerprint density at radius 3 is 2.48 bits per heavy atom. The molecule has 0 aliphatic heterocycles. The van der Waals surface area contributed by atoms with Gasteiger partial charge in [0.15, 0.2) is 0 Å². The third-order valence-electron chi connectivity index (χ3n) is 8.05. The maximum absolute atomic E-state index is 13.5. The summed E-state index contributed by atoms with van der Waals surface area (Å²) in [6.45, 7) is 2.57. The molecule has 0 saturated heterocycles. The number of alkyl halides is 2. The lowest BCUT2D eigenvalue weighted by molar-refractivity contribution is -0.118. The molecule has 5 aromatic rings. The molecular weight excluding hydrogens is 641 g/mol. The summed E-state index contributed by atoms with van der Waals surface area (Å²) in [5, 5.41) is 10.0. The van der Waals surface area contributed by atoms with Gasteiger partial charge in [-0.25, -0.2) is 9.37 Å². The SMILES string of the molecule is C[C@H](Oc1cc(-c2nn(C)c3c(-c4cnn(CCCCCCCCC(N)=O)c4)cnc(N)c23)ccc1NSC(F)F)c1ccc(F)cc1. The normalized spacial score (nSPS) is 12.1. The minimum Gasteiger partial charge on any atom is -0.484 e. The molecule has 0 radical (unpaired) electrons. The number of benzene rings is 2. The van der Waals surface area contributed by atoms with E-state index < -0.39 is 11.9 Å². The Morgan fingerprint density at radius 1 is 1.02 bits per heavy atom. The van der Waals surface area contributed by atoms with Gasteiger partial charge in [-0.3, -0.25) is 14.2 Å². The number of carbonyl (C=O) groups excluding carboxylic acids is 1. The second-order valence-electron chi connectivity index (χ2n) is 11.6. The monoisotopic (exact) mass is 680 g/mol.